The summed E-state index contributed by atoms with van der Waals surface area (Å²) in [5.74, 6) is 2.63. The number of nitrogens with zero attached hydrogens (tertiary/aromatic N) is 2. The van der Waals surface area contributed by atoms with Crippen LogP contribution in [0.2, 0.25) is 0 Å². The number of likely N-dealkylation sites (N-methyl/N-ethyl adjacent to an activating group) is 1. The van der Waals surface area contributed by atoms with Crippen molar-refractivity contribution in [1.29, 1.82) is 0 Å². The number of aliphatic imine (C=N–C) groups is 1. The number of nitrogens with one attached hydrogen (secondary N) is 2. The lowest BCUT2D eigenvalue weighted by Crippen LogP contribution is -2.49. The van der Waals surface area contributed by atoms with E-state index in [0.717, 1.165) is 31.3 Å². The summed E-state index contributed by atoms with van der Waals surface area (Å²) in [6.45, 7) is 12.2. The molecule has 20 heavy (non-hydrogen) atoms. The third-order valence-electron chi connectivity index (χ3n) is 3.22. The van der Waals surface area contributed by atoms with Crippen molar-refractivity contribution in [1.82, 2.24) is 15.5 Å². The maximum Gasteiger partial charge on any atom is 0.241 e. The first-order valence-corrected chi connectivity index (χ1v) is 8.54. The van der Waals surface area contributed by atoms with E-state index in [-0.39, 0.29) is 12.5 Å². The highest BCUT2D eigenvalue weighted by Crippen LogP contribution is 2.24. The Morgan fingerprint density at radius 2 is 2.05 bits per heavy atom. The molecule has 6 heteroatoms. The zero-order valence-electron chi connectivity index (χ0n) is 13.1. The van der Waals surface area contributed by atoms with Gasteiger partial charge in [-0.1, -0.05) is 13.8 Å². The van der Waals surface area contributed by atoms with Crippen molar-refractivity contribution >= 4 is 23.6 Å². The van der Waals surface area contributed by atoms with Crippen LogP contribution in [0.25, 0.3) is 0 Å². The second-order valence-electron chi connectivity index (χ2n) is 5.22. The average molecular weight is 300 g/mol. The van der Waals surface area contributed by atoms with Crippen molar-refractivity contribution < 1.29 is 4.79 Å². The fraction of sp³-hybridized carbons (Fsp3) is 0.857. The third-order valence-corrected chi connectivity index (χ3v) is 4.76. The monoisotopic (exact) mass is 300 g/mol. The van der Waals surface area contributed by atoms with Crippen LogP contribution in [-0.2, 0) is 4.79 Å². The first-order valence-electron chi connectivity index (χ1n) is 7.50. The SMILES string of the molecule is CCNC(=O)CN=C(NCC)N1CCSC(C(C)C)C1. The Bertz CT molecular complexity index is 333. The second-order valence-corrected chi connectivity index (χ2v) is 6.57. The van der Waals surface area contributed by atoms with Crippen molar-refractivity contribution in [2.24, 2.45) is 10.9 Å². The lowest BCUT2D eigenvalue weighted by Gasteiger charge is -2.36. The number of carbonyl (C=O) groups excluding carboxylic acids is 1. The molecule has 1 atom stereocenters. The number of thioether (sulfide) groups is 1. The molecule has 1 aliphatic rings. The Kier molecular flexibility index (Phi) is 7.80. The molecule has 0 bridgehead atoms. The Morgan fingerprint density at radius 1 is 1.35 bits per heavy atom. The van der Waals surface area contributed by atoms with Gasteiger partial charge in [-0.25, -0.2) is 4.99 Å². The van der Waals surface area contributed by atoms with Gasteiger partial charge in [-0.05, 0) is 19.8 Å². The number of hydrogen-bond acceptors (Lipinski definition) is 3. The maximum atomic E-state index is 11.5. The van der Waals surface area contributed by atoms with Crippen molar-refractivity contribution in [3.63, 3.8) is 0 Å². The molecule has 0 radical (unpaired) electrons. The van der Waals surface area contributed by atoms with E-state index in [2.05, 4.69) is 41.3 Å². The van der Waals surface area contributed by atoms with Gasteiger partial charge in [-0.3, -0.25) is 4.79 Å². The van der Waals surface area contributed by atoms with Gasteiger partial charge in [-0.2, -0.15) is 11.8 Å². The minimum atomic E-state index is -0.0188. The van der Waals surface area contributed by atoms with E-state index in [0.29, 0.717) is 17.7 Å². The van der Waals surface area contributed by atoms with Crippen LogP contribution in [0.1, 0.15) is 27.7 Å². The fourth-order valence-corrected chi connectivity index (χ4v) is 3.40. The summed E-state index contributed by atoms with van der Waals surface area (Å²) in [7, 11) is 0. The molecule has 116 valence electrons. The molecule has 1 rings (SSSR count). The smallest absolute Gasteiger partial charge is 0.241 e. The van der Waals surface area contributed by atoms with E-state index < -0.39 is 0 Å². The molecule has 1 unspecified atom stereocenters. The maximum absolute atomic E-state index is 11.5. The van der Waals surface area contributed by atoms with Crippen molar-refractivity contribution in [3.8, 4) is 0 Å². The molecule has 1 heterocycles. The molecule has 0 aromatic carbocycles. The van der Waals surface area contributed by atoms with Crippen LogP contribution in [0.15, 0.2) is 4.99 Å². The molecule has 2 N–H and O–H groups in total. The summed E-state index contributed by atoms with van der Waals surface area (Å²) in [5.41, 5.74) is 0. The Balaban J connectivity index is 2.64. The van der Waals surface area contributed by atoms with Gasteiger partial charge in [-0.15, -0.1) is 0 Å². The zero-order valence-corrected chi connectivity index (χ0v) is 13.9. The molecule has 1 saturated heterocycles. The molecule has 0 aromatic rings. The summed E-state index contributed by atoms with van der Waals surface area (Å²) in [6.07, 6.45) is 0. The van der Waals surface area contributed by atoms with Crippen molar-refractivity contribution in [3.05, 3.63) is 0 Å². The molecular weight excluding hydrogens is 272 g/mol. The molecule has 0 aliphatic carbocycles. The van der Waals surface area contributed by atoms with E-state index in [4.69, 9.17) is 0 Å². The molecule has 1 amide bonds. The van der Waals surface area contributed by atoms with Crippen molar-refractivity contribution in [2.75, 3.05) is 38.5 Å². The van der Waals surface area contributed by atoms with Crippen LogP contribution in [-0.4, -0.2) is 60.5 Å². The predicted octanol–water partition coefficient (Wildman–Crippen LogP) is 1.16. The first kappa shape index (κ1) is 17.1. The van der Waals surface area contributed by atoms with Crippen LogP contribution in [0.5, 0.6) is 0 Å². The summed E-state index contributed by atoms with van der Waals surface area (Å²) in [4.78, 5) is 18.3. The minimum absolute atomic E-state index is 0.0188. The minimum Gasteiger partial charge on any atom is -0.357 e. The quantitative estimate of drug-likeness (QED) is 0.591. The molecule has 0 aromatic heterocycles. The largest absolute Gasteiger partial charge is 0.357 e. The predicted molar refractivity (Wildman–Crippen MR) is 87.3 cm³/mol. The highest BCUT2D eigenvalue weighted by atomic mass is 32.2. The standard InChI is InChI=1S/C14H28N4OS/c1-5-15-13(19)9-17-14(16-6-2)18-7-8-20-12(10-18)11(3)4/h11-12H,5-10H2,1-4H3,(H,15,19)(H,16,17). The molecule has 5 nitrogen and oxygen atoms in total. The highest BCUT2D eigenvalue weighted by Gasteiger charge is 2.24. The van der Waals surface area contributed by atoms with E-state index in [1.807, 2.05) is 18.7 Å². The van der Waals surface area contributed by atoms with Crippen LogP contribution < -0.4 is 10.6 Å². The van der Waals surface area contributed by atoms with E-state index in [1.54, 1.807) is 0 Å². The number of guanidine groups is 1. The number of amides is 1. The van der Waals surface area contributed by atoms with Gasteiger partial charge in [0, 0.05) is 37.2 Å². The zero-order chi connectivity index (χ0) is 15.0. The topological polar surface area (TPSA) is 56.7 Å². The molecular formula is C14H28N4OS. The van der Waals surface area contributed by atoms with Crippen LogP contribution in [0.3, 0.4) is 0 Å². The van der Waals surface area contributed by atoms with Gasteiger partial charge in [0.1, 0.15) is 6.54 Å². The van der Waals surface area contributed by atoms with E-state index in [1.165, 1.54) is 0 Å². The van der Waals surface area contributed by atoms with Gasteiger partial charge in [0.05, 0.1) is 0 Å². The first-order chi connectivity index (χ1) is 9.58. The number of rotatable bonds is 5. The number of carbonyl (C=O) groups is 1. The molecule has 1 fully saturated rings. The molecule has 0 spiro atoms. The average Bonchev–Trinajstić information content (AvgIpc) is 2.44. The summed E-state index contributed by atoms with van der Waals surface area (Å²) >= 11 is 2.04. The van der Waals surface area contributed by atoms with Gasteiger partial charge in [0.25, 0.3) is 0 Å². The van der Waals surface area contributed by atoms with Crippen LogP contribution in [0, 0.1) is 5.92 Å². The van der Waals surface area contributed by atoms with Crippen LogP contribution in [0.4, 0.5) is 0 Å². The van der Waals surface area contributed by atoms with Crippen molar-refractivity contribution in [2.45, 2.75) is 32.9 Å². The Hall–Kier alpha value is -0.910. The van der Waals surface area contributed by atoms with E-state index in [9.17, 15) is 4.79 Å². The van der Waals surface area contributed by atoms with Gasteiger partial charge < -0.3 is 15.5 Å². The summed E-state index contributed by atoms with van der Waals surface area (Å²) < 4.78 is 0. The van der Waals surface area contributed by atoms with E-state index >= 15 is 0 Å². The summed E-state index contributed by atoms with van der Waals surface area (Å²) in [5, 5.41) is 6.71. The van der Waals surface area contributed by atoms with Gasteiger partial charge >= 0.3 is 0 Å². The lowest BCUT2D eigenvalue weighted by molar-refractivity contribution is -0.119. The fourth-order valence-electron chi connectivity index (χ4n) is 2.10. The third kappa shape index (κ3) is 5.61. The lowest BCUT2D eigenvalue weighted by atomic mass is 10.1. The van der Waals surface area contributed by atoms with Crippen LogP contribution >= 0.6 is 11.8 Å². The summed E-state index contributed by atoms with van der Waals surface area (Å²) in [6, 6.07) is 0. The molecule has 1 aliphatic heterocycles. The highest BCUT2D eigenvalue weighted by molar-refractivity contribution is 8.00. The number of hydrogen-bond donors (Lipinski definition) is 2. The Labute approximate surface area is 127 Å². The Morgan fingerprint density at radius 3 is 2.65 bits per heavy atom. The van der Waals surface area contributed by atoms with Gasteiger partial charge in [0.15, 0.2) is 5.96 Å². The normalized spacial score (nSPS) is 20.1. The molecule has 0 saturated carbocycles. The van der Waals surface area contributed by atoms with Gasteiger partial charge in [0.2, 0.25) is 5.91 Å². The second kappa shape index (κ2) is 9.10.